The maximum absolute atomic E-state index is 13.3. The molecule has 27 heavy (non-hydrogen) atoms. The third-order valence-corrected chi connectivity index (χ3v) is 5.71. The van der Waals surface area contributed by atoms with Crippen LogP contribution < -0.4 is 9.80 Å². The molecule has 0 amide bonds. The predicted molar refractivity (Wildman–Crippen MR) is 98.5 cm³/mol. The Hall–Kier alpha value is -2.60. The molecule has 5 nitrogen and oxygen atoms in total. The molecular formula is C18H16F3N5S. The van der Waals surface area contributed by atoms with Crippen molar-refractivity contribution in [2.45, 2.75) is 37.9 Å². The number of hydrogen-bond acceptors (Lipinski definition) is 3. The number of alkyl halides is 3. The standard InChI is InChI=1S/C18H16F3N5S/c1-11-7-15(24-23-11)26-16(27)25(10-17(26)5-2-6-17)13-4-3-12(9-22)14(8-13)18(19,20)21/h3-4,7-8H,2,5-6,10H2,1H3,(H,23,24). The summed E-state index contributed by atoms with van der Waals surface area (Å²) in [6.07, 6.45) is -1.74. The van der Waals surface area contributed by atoms with Crippen LogP contribution in [0, 0.1) is 18.3 Å². The summed E-state index contributed by atoms with van der Waals surface area (Å²) in [6.45, 7) is 2.37. The maximum atomic E-state index is 13.3. The average Bonchev–Trinajstić information content (AvgIpc) is 3.14. The van der Waals surface area contributed by atoms with E-state index < -0.39 is 17.3 Å². The van der Waals surface area contributed by atoms with Crippen molar-refractivity contribution in [1.82, 2.24) is 10.2 Å². The van der Waals surface area contributed by atoms with Gasteiger partial charge in [0, 0.05) is 18.3 Å². The second kappa shape index (κ2) is 5.96. The monoisotopic (exact) mass is 391 g/mol. The predicted octanol–water partition coefficient (Wildman–Crippen LogP) is 4.14. The Morgan fingerprint density at radius 3 is 2.56 bits per heavy atom. The molecule has 0 bridgehead atoms. The highest BCUT2D eigenvalue weighted by Gasteiger charge is 2.53. The molecule has 1 saturated heterocycles. The first kappa shape index (κ1) is 17.8. The SMILES string of the molecule is Cc1cc(N2C(=S)N(c3ccc(C#N)c(C(F)(F)F)c3)CC23CCC3)[nH]n1. The molecule has 9 heteroatoms. The lowest BCUT2D eigenvalue weighted by Gasteiger charge is -2.44. The summed E-state index contributed by atoms with van der Waals surface area (Å²) in [7, 11) is 0. The van der Waals surface area contributed by atoms with Gasteiger partial charge in [-0.1, -0.05) is 0 Å². The second-order valence-electron chi connectivity index (χ2n) is 7.02. The Bertz CT molecular complexity index is 955. The fourth-order valence-electron chi connectivity index (χ4n) is 3.84. The van der Waals surface area contributed by atoms with Crippen molar-refractivity contribution in [2.75, 3.05) is 16.3 Å². The van der Waals surface area contributed by atoms with Crippen LogP contribution in [0.2, 0.25) is 0 Å². The van der Waals surface area contributed by atoms with Crippen LogP contribution in [0.15, 0.2) is 24.3 Å². The lowest BCUT2D eigenvalue weighted by molar-refractivity contribution is -0.137. The van der Waals surface area contributed by atoms with E-state index in [1.165, 1.54) is 12.1 Å². The van der Waals surface area contributed by atoms with Gasteiger partial charge in [0.2, 0.25) is 0 Å². The minimum Gasteiger partial charge on any atom is -0.316 e. The normalized spacial score (nSPS) is 18.7. The minimum atomic E-state index is -4.60. The van der Waals surface area contributed by atoms with Crippen molar-refractivity contribution in [2.24, 2.45) is 0 Å². The molecule has 140 valence electrons. The number of thiocarbonyl (C=S) groups is 1. The van der Waals surface area contributed by atoms with E-state index in [-0.39, 0.29) is 5.54 Å². The lowest BCUT2D eigenvalue weighted by Crippen LogP contribution is -2.52. The summed E-state index contributed by atoms with van der Waals surface area (Å²) in [6, 6.07) is 7.24. The van der Waals surface area contributed by atoms with Gasteiger partial charge in [-0.25, -0.2) is 0 Å². The number of aromatic amines is 1. The van der Waals surface area contributed by atoms with E-state index in [9.17, 15) is 13.2 Å². The van der Waals surface area contributed by atoms with E-state index in [1.54, 1.807) is 11.0 Å². The van der Waals surface area contributed by atoms with E-state index in [0.717, 1.165) is 36.8 Å². The number of rotatable bonds is 2. The van der Waals surface area contributed by atoms with Gasteiger partial charge >= 0.3 is 6.18 Å². The molecule has 1 aliphatic carbocycles. The molecule has 1 spiro atoms. The number of nitriles is 1. The summed E-state index contributed by atoms with van der Waals surface area (Å²) in [5, 5.41) is 16.6. The molecule has 1 saturated carbocycles. The van der Waals surface area contributed by atoms with E-state index >= 15 is 0 Å². The molecule has 2 heterocycles. The van der Waals surface area contributed by atoms with Gasteiger partial charge in [0.1, 0.15) is 5.82 Å². The van der Waals surface area contributed by atoms with Crippen molar-refractivity contribution >= 4 is 28.8 Å². The largest absolute Gasteiger partial charge is 0.417 e. The molecule has 0 radical (unpaired) electrons. The molecule has 2 fully saturated rings. The van der Waals surface area contributed by atoms with Crippen LogP contribution in [0.1, 0.15) is 36.1 Å². The van der Waals surface area contributed by atoms with Crippen LogP contribution in [-0.4, -0.2) is 27.4 Å². The number of nitrogens with zero attached hydrogens (tertiary/aromatic N) is 4. The Morgan fingerprint density at radius 1 is 1.30 bits per heavy atom. The van der Waals surface area contributed by atoms with Gasteiger partial charge in [-0.05, 0) is 56.6 Å². The van der Waals surface area contributed by atoms with Gasteiger partial charge in [0.25, 0.3) is 0 Å². The Labute approximate surface area is 159 Å². The van der Waals surface area contributed by atoms with E-state index in [4.69, 9.17) is 17.5 Å². The lowest BCUT2D eigenvalue weighted by atomic mass is 9.76. The minimum absolute atomic E-state index is 0.234. The van der Waals surface area contributed by atoms with Crippen molar-refractivity contribution in [3.63, 3.8) is 0 Å². The van der Waals surface area contributed by atoms with Crippen molar-refractivity contribution in [1.29, 1.82) is 5.26 Å². The second-order valence-corrected chi connectivity index (χ2v) is 7.38. The van der Waals surface area contributed by atoms with E-state index in [2.05, 4.69) is 10.2 Å². The van der Waals surface area contributed by atoms with Gasteiger partial charge in [0.15, 0.2) is 5.11 Å². The molecule has 1 aromatic heterocycles. The number of aryl methyl sites for hydroxylation is 1. The first-order chi connectivity index (χ1) is 12.7. The summed E-state index contributed by atoms with van der Waals surface area (Å²) in [4.78, 5) is 3.71. The molecule has 4 rings (SSSR count). The van der Waals surface area contributed by atoms with Crippen molar-refractivity contribution in [3.05, 3.63) is 41.1 Å². The number of nitrogens with one attached hydrogen (secondary N) is 1. The quantitative estimate of drug-likeness (QED) is 0.780. The van der Waals surface area contributed by atoms with Crippen LogP contribution in [0.25, 0.3) is 0 Å². The van der Waals surface area contributed by atoms with Gasteiger partial charge in [-0.3, -0.25) is 10.00 Å². The molecule has 0 unspecified atom stereocenters. The van der Waals surface area contributed by atoms with Crippen molar-refractivity contribution in [3.8, 4) is 6.07 Å². The molecule has 1 N–H and O–H groups in total. The zero-order chi connectivity index (χ0) is 19.4. The molecule has 2 aromatic rings. The van der Waals surface area contributed by atoms with Crippen LogP contribution in [0.3, 0.4) is 0 Å². The Balaban J connectivity index is 1.75. The molecule has 0 atom stereocenters. The van der Waals surface area contributed by atoms with E-state index in [1.807, 2.05) is 17.9 Å². The molecule has 2 aliphatic rings. The molecule has 1 aliphatic heterocycles. The first-order valence-electron chi connectivity index (χ1n) is 8.50. The van der Waals surface area contributed by atoms with Gasteiger partial charge in [-0.2, -0.15) is 23.5 Å². The van der Waals surface area contributed by atoms with Crippen LogP contribution >= 0.6 is 12.2 Å². The zero-order valence-corrected chi connectivity index (χ0v) is 15.3. The first-order valence-corrected chi connectivity index (χ1v) is 8.91. The molecule has 1 aromatic carbocycles. The zero-order valence-electron chi connectivity index (χ0n) is 14.5. The highest BCUT2D eigenvalue weighted by Crippen LogP contribution is 2.47. The Morgan fingerprint density at radius 2 is 2.04 bits per heavy atom. The fraction of sp³-hybridized carbons (Fsp3) is 0.389. The maximum Gasteiger partial charge on any atom is 0.417 e. The summed E-state index contributed by atoms with van der Waals surface area (Å²) in [5.74, 6) is 0.754. The van der Waals surface area contributed by atoms with Crippen LogP contribution in [0.5, 0.6) is 0 Å². The summed E-state index contributed by atoms with van der Waals surface area (Å²) >= 11 is 5.64. The summed E-state index contributed by atoms with van der Waals surface area (Å²) < 4.78 is 40.0. The van der Waals surface area contributed by atoms with Gasteiger partial charge in [-0.15, -0.1) is 0 Å². The number of H-pyrrole nitrogens is 1. The summed E-state index contributed by atoms with van der Waals surface area (Å²) in [5.41, 5.74) is -0.406. The van der Waals surface area contributed by atoms with Gasteiger partial charge in [0.05, 0.1) is 28.4 Å². The van der Waals surface area contributed by atoms with Crippen LogP contribution in [-0.2, 0) is 6.18 Å². The fourth-order valence-corrected chi connectivity index (χ4v) is 4.30. The number of anilines is 2. The number of halogens is 3. The molecular weight excluding hydrogens is 375 g/mol. The third kappa shape index (κ3) is 2.75. The Kier molecular flexibility index (Phi) is 3.93. The average molecular weight is 391 g/mol. The van der Waals surface area contributed by atoms with Gasteiger partial charge < -0.3 is 4.90 Å². The third-order valence-electron chi connectivity index (χ3n) is 5.31. The smallest absolute Gasteiger partial charge is 0.316 e. The highest BCUT2D eigenvalue weighted by atomic mass is 32.1. The number of hydrogen-bond donors (Lipinski definition) is 1. The van der Waals surface area contributed by atoms with Crippen LogP contribution in [0.4, 0.5) is 24.7 Å². The van der Waals surface area contributed by atoms with E-state index in [0.29, 0.717) is 17.3 Å². The highest BCUT2D eigenvalue weighted by molar-refractivity contribution is 7.80. The topological polar surface area (TPSA) is 59.0 Å². The number of aromatic nitrogens is 2. The van der Waals surface area contributed by atoms with Crippen molar-refractivity contribution < 1.29 is 13.2 Å². The number of benzene rings is 1.